The summed E-state index contributed by atoms with van der Waals surface area (Å²) >= 11 is 0. The van der Waals surface area contributed by atoms with E-state index in [1.807, 2.05) is 24.5 Å². The van der Waals surface area contributed by atoms with Crippen LogP contribution in [0.15, 0.2) is 30.6 Å². The van der Waals surface area contributed by atoms with Crippen LogP contribution in [0.4, 0.5) is 10.2 Å². The molecule has 0 radical (unpaired) electrons. The van der Waals surface area contributed by atoms with Crippen molar-refractivity contribution in [2.24, 2.45) is 0 Å². The molecule has 3 rings (SSSR count). The second-order valence-corrected chi connectivity index (χ2v) is 5.25. The molecule has 0 spiro atoms. The lowest BCUT2D eigenvalue weighted by atomic mass is 10.1. The molecule has 5 nitrogen and oxygen atoms in total. The number of nitrogens with two attached hydrogens (primary N) is 1. The highest BCUT2D eigenvalue weighted by Gasteiger charge is 2.13. The Labute approximate surface area is 121 Å². The van der Waals surface area contributed by atoms with Gasteiger partial charge in [0.25, 0.3) is 0 Å². The summed E-state index contributed by atoms with van der Waals surface area (Å²) in [6, 6.07) is 6.63. The molecule has 0 aliphatic heterocycles. The Morgan fingerprint density at radius 3 is 2.81 bits per heavy atom. The predicted molar refractivity (Wildman–Crippen MR) is 79.3 cm³/mol. The number of nitrogen functional groups attached to an aromatic ring is 1. The Kier molecular flexibility index (Phi) is 3.29. The summed E-state index contributed by atoms with van der Waals surface area (Å²) in [6.07, 6.45) is 2.15. The Morgan fingerprint density at radius 1 is 1.29 bits per heavy atom. The lowest BCUT2D eigenvalue weighted by Gasteiger charge is -2.08. The highest BCUT2D eigenvalue weighted by Crippen LogP contribution is 2.20. The first-order chi connectivity index (χ1) is 10.0. The van der Waals surface area contributed by atoms with Crippen LogP contribution in [-0.2, 0) is 6.42 Å². The van der Waals surface area contributed by atoms with Gasteiger partial charge in [-0.05, 0) is 31.5 Å². The maximum absolute atomic E-state index is 13.2. The molecule has 0 aliphatic rings. The molecule has 2 heterocycles. The molecule has 2 N–H and O–H groups in total. The molecule has 0 amide bonds. The maximum atomic E-state index is 13.2. The predicted octanol–water partition coefficient (Wildman–Crippen LogP) is 2.72. The Morgan fingerprint density at radius 2 is 2.10 bits per heavy atom. The van der Waals surface area contributed by atoms with Crippen molar-refractivity contribution < 1.29 is 4.39 Å². The lowest BCUT2D eigenvalue weighted by Crippen LogP contribution is -2.06. The third-order valence-corrected chi connectivity index (χ3v) is 3.30. The van der Waals surface area contributed by atoms with Crippen LogP contribution < -0.4 is 5.73 Å². The van der Waals surface area contributed by atoms with Crippen LogP contribution in [0.1, 0.15) is 31.3 Å². The van der Waals surface area contributed by atoms with Crippen molar-refractivity contribution in [3.8, 4) is 0 Å². The fourth-order valence-corrected chi connectivity index (χ4v) is 2.27. The van der Waals surface area contributed by atoms with Crippen LogP contribution in [0.25, 0.3) is 11.2 Å². The molecular formula is C15H16FN5. The highest BCUT2D eigenvalue weighted by molar-refractivity contribution is 5.81. The average molecular weight is 285 g/mol. The number of benzene rings is 1. The minimum absolute atomic E-state index is 0.228. The van der Waals surface area contributed by atoms with Crippen molar-refractivity contribution in [1.82, 2.24) is 19.5 Å². The maximum Gasteiger partial charge on any atom is 0.166 e. The van der Waals surface area contributed by atoms with E-state index in [9.17, 15) is 4.39 Å². The zero-order valence-electron chi connectivity index (χ0n) is 11.9. The molecule has 6 heteroatoms. The standard InChI is InChI=1S/C15H16FN5/c1-9(2)21-8-18-13-14(17)19-12(20-15(13)21)7-10-4-3-5-11(16)6-10/h3-6,8-9H,7H2,1-2H3,(H2,17,19,20). The van der Waals surface area contributed by atoms with Gasteiger partial charge >= 0.3 is 0 Å². The minimum Gasteiger partial charge on any atom is -0.382 e. The minimum atomic E-state index is -0.270. The Hall–Kier alpha value is -2.50. The number of hydrogen-bond acceptors (Lipinski definition) is 4. The van der Waals surface area contributed by atoms with Gasteiger partial charge in [-0.1, -0.05) is 12.1 Å². The van der Waals surface area contributed by atoms with Crippen LogP contribution in [-0.4, -0.2) is 19.5 Å². The number of aromatic nitrogens is 4. The zero-order chi connectivity index (χ0) is 15.0. The molecule has 0 bridgehead atoms. The van der Waals surface area contributed by atoms with E-state index in [2.05, 4.69) is 15.0 Å². The Bertz CT molecular complexity index is 794. The smallest absolute Gasteiger partial charge is 0.166 e. The molecule has 0 saturated heterocycles. The van der Waals surface area contributed by atoms with Crippen LogP contribution in [0.2, 0.25) is 0 Å². The van der Waals surface area contributed by atoms with E-state index >= 15 is 0 Å². The summed E-state index contributed by atoms with van der Waals surface area (Å²) in [6.45, 7) is 4.09. The van der Waals surface area contributed by atoms with Gasteiger partial charge in [-0.25, -0.2) is 19.3 Å². The molecule has 108 valence electrons. The van der Waals surface area contributed by atoms with Gasteiger partial charge in [-0.15, -0.1) is 0 Å². The van der Waals surface area contributed by atoms with Crippen molar-refractivity contribution in [3.05, 3.63) is 47.8 Å². The number of anilines is 1. The molecule has 0 unspecified atom stereocenters. The second-order valence-electron chi connectivity index (χ2n) is 5.25. The fourth-order valence-electron chi connectivity index (χ4n) is 2.27. The number of fused-ring (bicyclic) bond motifs is 1. The topological polar surface area (TPSA) is 69.6 Å². The van der Waals surface area contributed by atoms with Gasteiger partial charge in [0, 0.05) is 12.5 Å². The summed E-state index contributed by atoms with van der Waals surface area (Å²) < 4.78 is 15.2. The van der Waals surface area contributed by atoms with E-state index in [0.29, 0.717) is 29.2 Å². The van der Waals surface area contributed by atoms with E-state index in [1.165, 1.54) is 12.1 Å². The Balaban J connectivity index is 2.05. The quantitative estimate of drug-likeness (QED) is 0.803. The summed E-state index contributed by atoms with van der Waals surface area (Å²) in [5.74, 6) is 0.646. The molecule has 3 aromatic rings. The number of halogens is 1. The third-order valence-electron chi connectivity index (χ3n) is 3.30. The van der Waals surface area contributed by atoms with Gasteiger partial charge in [-0.3, -0.25) is 0 Å². The van der Waals surface area contributed by atoms with Crippen molar-refractivity contribution in [2.45, 2.75) is 26.3 Å². The van der Waals surface area contributed by atoms with E-state index in [-0.39, 0.29) is 11.9 Å². The fraction of sp³-hybridized carbons (Fsp3) is 0.267. The molecule has 1 aromatic carbocycles. The van der Waals surface area contributed by atoms with Gasteiger partial charge in [0.05, 0.1) is 6.33 Å². The van der Waals surface area contributed by atoms with E-state index in [4.69, 9.17) is 5.73 Å². The average Bonchev–Trinajstić information content (AvgIpc) is 2.83. The third kappa shape index (κ3) is 2.56. The molecule has 21 heavy (non-hydrogen) atoms. The van der Waals surface area contributed by atoms with Crippen molar-refractivity contribution >= 4 is 17.0 Å². The summed E-state index contributed by atoms with van der Waals surface area (Å²) in [5.41, 5.74) is 8.08. The van der Waals surface area contributed by atoms with E-state index in [1.54, 1.807) is 12.4 Å². The molecule has 0 aliphatic carbocycles. The van der Waals surface area contributed by atoms with Crippen LogP contribution in [0.5, 0.6) is 0 Å². The normalized spacial score (nSPS) is 11.4. The second kappa shape index (κ2) is 5.12. The van der Waals surface area contributed by atoms with E-state index in [0.717, 1.165) is 5.56 Å². The first kappa shape index (κ1) is 13.5. The van der Waals surface area contributed by atoms with Crippen LogP contribution in [0, 0.1) is 5.82 Å². The lowest BCUT2D eigenvalue weighted by molar-refractivity contribution is 0.611. The molecule has 2 aromatic heterocycles. The molecule has 0 saturated carbocycles. The van der Waals surface area contributed by atoms with Gasteiger partial charge < -0.3 is 10.3 Å². The monoisotopic (exact) mass is 285 g/mol. The van der Waals surface area contributed by atoms with Crippen LogP contribution in [0.3, 0.4) is 0 Å². The number of hydrogen-bond donors (Lipinski definition) is 1. The van der Waals surface area contributed by atoms with Gasteiger partial charge in [0.15, 0.2) is 11.5 Å². The molecular weight excluding hydrogens is 269 g/mol. The highest BCUT2D eigenvalue weighted by atomic mass is 19.1. The summed E-state index contributed by atoms with van der Waals surface area (Å²) in [7, 11) is 0. The van der Waals surface area contributed by atoms with Crippen molar-refractivity contribution in [2.75, 3.05) is 5.73 Å². The summed E-state index contributed by atoms with van der Waals surface area (Å²) in [4.78, 5) is 13.1. The zero-order valence-corrected chi connectivity index (χ0v) is 11.9. The number of rotatable bonds is 3. The molecule has 0 fully saturated rings. The first-order valence-electron chi connectivity index (χ1n) is 6.78. The SMILES string of the molecule is CC(C)n1cnc2c(N)nc(Cc3cccc(F)c3)nc21. The van der Waals surface area contributed by atoms with Crippen molar-refractivity contribution in [3.63, 3.8) is 0 Å². The largest absolute Gasteiger partial charge is 0.382 e. The van der Waals surface area contributed by atoms with Gasteiger partial charge in [0.1, 0.15) is 17.2 Å². The van der Waals surface area contributed by atoms with E-state index < -0.39 is 0 Å². The van der Waals surface area contributed by atoms with Gasteiger partial charge in [-0.2, -0.15) is 0 Å². The molecule has 0 atom stereocenters. The number of nitrogens with zero attached hydrogens (tertiary/aromatic N) is 4. The van der Waals surface area contributed by atoms with Gasteiger partial charge in [0.2, 0.25) is 0 Å². The summed E-state index contributed by atoms with van der Waals surface area (Å²) in [5, 5.41) is 0. The van der Waals surface area contributed by atoms with Crippen LogP contribution >= 0.6 is 0 Å². The van der Waals surface area contributed by atoms with Crippen molar-refractivity contribution in [1.29, 1.82) is 0 Å². The first-order valence-corrected chi connectivity index (χ1v) is 6.78. The number of imidazole rings is 1.